The van der Waals surface area contributed by atoms with Crippen LogP contribution in [0.15, 0.2) is 29.8 Å². The van der Waals surface area contributed by atoms with E-state index >= 15 is 0 Å². The van der Waals surface area contributed by atoms with Crippen LogP contribution in [0.1, 0.15) is 19.4 Å². The van der Waals surface area contributed by atoms with Crippen molar-refractivity contribution in [3.63, 3.8) is 0 Å². The highest BCUT2D eigenvalue weighted by Crippen LogP contribution is 2.24. The van der Waals surface area contributed by atoms with Crippen molar-refractivity contribution < 1.29 is 9.90 Å². The third-order valence-corrected chi connectivity index (χ3v) is 4.09. The van der Waals surface area contributed by atoms with Gasteiger partial charge in [-0.1, -0.05) is 30.7 Å². The second kappa shape index (κ2) is 6.42. The van der Waals surface area contributed by atoms with E-state index < -0.39 is 0 Å². The molecule has 0 aliphatic carbocycles. The molecular formula is C16H20ClNO2. The molecule has 1 aliphatic heterocycles. The molecule has 4 heteroatoms. The van der Waals surface area contributed by atoms with Gasteiger partial charge in [-0.25, -0.2) is 0 Å². The number of rotatable bonds is 3. The van der Waals surface area contributed by atoms with Gasteiger partial charge in [0.15, 0.2) is 0 Å². The van der Waals surface area contributed by atoms with Gasteiger partial charge in [0.1, 0.15) is 0 Å². The van der Waals surface area contributed by atoms with Gasteiger partial charge in [-0.2, -0.15) is 0 Å². The molecule has 2 rings (SSSR count). The minimum absolute atomic E-state index is 0.0350. The van der Waals surface area contributed by atoms with Crippen molar-refractivity contribution in [2.24, 2.45) is 11.8 Å². The summed E-state index contributed by atoms with van der Waals surface area (Å²) >= 11 is 5.94. The van der Waals surface area contributed by atoms with Crippen LogP contribution in [-0.2, 0) is 4.79 Å². The predicted molar refractivity (Wildman–Crippen MR) is 81.4 cm³/mol. The van der Waals surface area contributed by atoms with Gasteiger partial charge in [0.25, 0.3) is 0 Å². The molecule has 1 aromatic rings. The van der Waals surface area contributed by atoms with Crippen LogP contribution in [0, 0.1) is 11.8 Å². The summed E-state index contributed by atoms with van der Waals surface area (Å²) in [6.07, 6.45) is 1.85. The van der Waals surface area contributed by atoms with Crippen molar-refractivity contribution in [3.8, 4) is 0 Å². The lowest BCUT2D eigenvalue weighted by Crippen LogP contribution is -2.29. The maximum atomic E-state index is 12.4. The third kappa shape index (κ3) is 3.41. The summed E-state index contributed by atoms with van der Waals surface area (Å²) in [7, 11) is 0. The highest BCUT2D eigenvalue weighted by atomic mass is 35.5. The summed E-state index contributed by atoms with van der Waals surface area (Å²) in [5, 5.41) is 9.93. The Morgan fingerprint density at radius 1 is 1.50 bits per heavy atom. The van der Waals surface area contributed by atoms with E-state index in [1.54, 1.807) is 0 Å². The molecular weight excluding hydrogens is 274 g/mol. The zero-order chi connectivity index (χ0) is 14.7. The first kappa shape index (κ1) is 15.1. The molecule has 1 fully saturated rings. The first-order valence-corrected chi connectivity index (χ1v) is 7.23. The number of amides is 1. The van der Waals surface area contributed by atoms with Gasteiger partial charge in [-0.05, 0) is 36.6 Å². The topological polar surface area (TPSA) is 40.5 Å². The molecule has 0 bridgehead atoms. The Morgan fingerprint density at radius 3 is 2.85 bits per heavy atom. The van der Waals surface area contributed by atoms with Crippen molar-refractivity contribution in [1.29, 1.82) is 0 Å². The lowest BCUT2D eigenvalue weighted by molar-refractivity contribution is -0.126. The van der Waals surface area contributed by atoms with E-state index in [-0.39, 0.29) is 18.4 Å². The monoisotopic (exact) mass is 293 g/mol. The fraction of sp³-hybridized carbons (Fsp3) is 0.438. The van der Waals surface area contributed by atoms with Crippen molar-refractivity contribution in [2.75, 3.05) is 19.7 Å². The minimum atomic E-state index is 0.0350. The summed E-state index contributed by atoms with van der Waals surface area (Å²) in [4.78, 5) is 14.2. The Morgan fingerprint density at radius 2 is 2.25 bits per heavy atom. The fourth-order valence-electron chi connectivity index (χ4n) is 2.60. The van der Waals surface area contributed by atoms with E-state index in [2.05, 4.69) is 6.92 Å². The Bertz CT molecular complexity index is 527. The average molecular weight is 294 g/mol. The van der Waals surface area contributed by atoms with Crippen LogP contribution in [0.5, 0.6) is 0 Å². The lowest BCUT2D eigenvalue weighted by Gasteiger charge is -2.16. The molecule has 0 spiro atoms. The quantitative estimate of drug-likeness (QED) is 0.871. The number of carbonyl (C=O) groups excluding carboxylic acids is 1. The number of benzene rings is 1. The zero-order valence-corrected chi connectivity index (χ0v) is 12.6. The number of hydrogen-bond acceptors (Lipinski definition) is 2. The lowest BCUT2D eigenvalue weighted by atomic mass is 10.00. The van der Waals surface area contributed by atoms with Gasteiger partial charge in [0.05, 0.1) is 0 Å². The molecule has 1 amide bonds. The van der Waals surface area contributed by atoms with Gasteiger partial charge in [-0.15, -0.1) is 0 Å². The highest BCUT2D eigenvalue weighted by molar-refractivity contribution is 6.30. The van der Waals surface area contributed by atoms with Crippen LogP contribution in [0.3, 0.4) is 0 Å². The van der Waals surface area contributed by atoms with Crippen LogP contribution in [0.4, 0.5) is 0 Å². The van der Waals surface area contributed by atoms with E-state index in [4.69, 9.17) is 11.6 Å². The third-order valence-electron chi connectivity index (χ3n) is 3.86. The number of aliphatic hydroxyl groups is 1. The van der Waals surface area contributed by atoms with Gasteiger partial charge in [0, 0.05) is 36.2 Å². The van der Waals surface area contributed by atoms with Crippen LogP contribution < -0.4 is 0 Å². The number of carbonyl (C=O) groups is 1. The second-order valence-corrected chi connectivity index (χ2v) is 5.95. The molecule has 1 aliphatic rings. The summed E-state index contributed by atoms with van der Waals surface area (Å²) in [5.74, 6) is 0.577. The van der Waals surface area contributed by atoms with E-state index in [0.29, 0.717) is 29.6 Å². The normalized spacial score (nSPS) is 23.2. The molecule has 1 N–H and O–H groups in total. The summed E-state index contributed by atoms with van der Waals surface area (Å²) < 4.78 is 0. The van der Waals surface area contributed by atoms with Crippen LogP contribution in [0.2, 0.25) is 5.02 Å². The molecule has 0 radical (unpaired) electrons. The van der Waals surface area contributed by atoms with Crippen LogP contribution >= 0.6 is 11.6 Å². The molecule has 0 unspecified atom stereocenters. The largest absolute Gasteiger partial charge is 0.396 e. The molecule has 1 aromatic carbocycles. The van der Waals surface area contributed by atoms with E-state index in [0.717, 1.165) is 5.56 Å². The van der Waals surface area contributed by atoms with Gasteiger partial charge >= 0.3 is 0 Å². The molecule has 1 saturated heterocycles. The number of halogens is 1. The Kier molecular flexibility index (Phi) is 4.84. The van der Waals surface area contributed by atoms with E-state index in [1.807, 2.05) is 42.2 Å². The average Bonchev–Trinajstić information content (AvgIpc) is 2.79. The predicted octanol–water partition coefficient (Wildman–Crippen LogP) is 2.83. The summed E-state index contributed by atoms with van der Waals surface area (Å²) in [6.45, 7) is 5.38. The maximum absolute atomic E-state index is 12.4. The van der Waals surface area contributed by atoms with Gasteiger partial charge in [0.2, 0.25) is 5.91 Å². The van der Waals surface area contributed by atoms with Crippen molar-refractivity contribution in [3.05, 3.63) is 40.4 Å². The molecule has 1 heterocycles. The van der Waals surface area contributed by atoms with E-state index in [1.165, 1.54) is 0 Å². The first-order valence-electron chi connectivity index (χ1n) is 6.85. The Hall–Kier alpha value is -1.32. The van der Waals surface area contributed by atoms with E-state index in [9.17, 15) is 9.90 Å². The minimum Gasteiger partial charge on any atom is -0.396 e. The molecule has 0 saturated carbocycles. The number of hydrogen-bond donors (Lipinski definition) is 1. The summed E-state index contributed by atoms with van der Waals surface area (Å²) in [6, 6.07) is 7.43. The molecule has 2 atom stereocenters. The van der Waals surface area contributed by atoms with Crippen molar-refractivity contribution in [1.82, 2.24) is 4.90 Å². The highest BCUT2D eigenvalue weighted by Gasteiger charge is 2.32. The fourth-order valence-corrected chi connectivity index (χ4v) is 2.79. The molecule has 0 aromatic heterocycles. The molecule has 108 valence electrons. The Labute approximate surface area is 124 Å². The smallest absolute Gasteiger partial charge is 0.249 e. The Balaban J connectivity index is 2.09. The first-order chi connectivity index (χ1) is 9.51. The van der Waals surface area contributed by atoms with Gasteiger partial charge in [-0.3, -0.25) is 4.79 Å². The van der Waals surface area contributed by atoms with Crippen LogP contribution in [-0.4, -0.2) is 35.6 Å². The van der Waals surface area contributed by atoms with Gasteiger partial charge < -0.3 is 10.0 Å². The zero-order valence-electron chi connectivity index (χ0n) is 11.8. The van der Waals surface area contributed by atoms with Crippen molar-refractivity contribution in [2.45, 2.75) is 13.8 Å². The number of aliphatic hydroxyl groups excluding tert-OH is 1. The molecule has 20 heavy (non-hydrogen) atoms. The van der Waals surface area contributed by atoms with Crippen LogP contribution in [0.25, 0.3) is 6.08 Å². The maximum Gasteiger partial charge on any atom is 0.249 e. The standard InChI is InChI=1S/C16H20ClNO2/c1-11(6-13-4-3-5-15(17)7-13)16(20)18-8-12(2)14(9-18)10-19/h3-7,12,14,19H,8-10H2,1-2H3/b11-6+/t12-,14+/m1/s1. The number of nitrogens with zero attached hydrogens (tertiary/aromatic N) is 1. The second-order valence-electron chi connectivity index (χ2n) is 5.51. The SMILES string of the molecule is C/C(=C\c1cccc(Cl)c1)C(=O)N1C[C@@H](CO)[C@H](C)C1. The number of likely N-dealkylation sites (tertiary alicyclic amines) is 1. The molecule has 3 nitrogen and oxygen atoms in total. The van der Waals surface area contributed by atoms with Crippen molar-refractivity contribution >= 4 is 23.6 Å². The summed E-state index contributed by atoms with van der Waals surface area (Å²) in [5.41, 5.74) is 1.62.